The van der Waals surface area contributed by atoms with Crippen LogP contribution in [0.5, 0.6) is 0 Å². The molecule has 2 heteroatoms. The number of benzene rings is 1. The molecule has 0 aliphatic carbocycles. The summed E-state index contributed by atoms with van der Waals surface area (Å²) in [5.74, 6) is 0. The zero-order valence-corrected chi connectivity index (χ0v) is 9.46. The van der Waals surface area contributed by atoms with E-state index in [0.29, 0.717) is 6.42 Å². The van der Waals surface area contributed by atoms with Gasteiger partial charge in [-0.15, -0.1) is 0 Å². The minimum Gasteiger partial charge on any atom is -0.281 e. The summed E-state index contributed by atoms with van der Waals surface area (Å²) in [7, 11) is 0. The van der Waals surface area contributed by atoms with Crippen molar-refractivity contribution in [2.75, 3.05) is 0 Å². The average molecular weight is 223 g/mol. The first-order valence-corrected chi connectivity index (χ1v) is 5.50. The lowest BCUT2D eigenvalue weighted by Crippen LogP contribution is -1.89. The van der Waals surface area contributed by atoms with Gasteiger partial charge in [-0.2, -0.15) is 0 Å². The summed E-state index contributed by atoms with van der Waals surface area (Å²) >= 11 is 5.25. The van der Waals surface area contributed by atoms with E-state index in [4.69, 9.17) is 11.6 Å². The molecule has 0 radical (unpaired) electrons. The van der Waals surface area contributed by atoms with Crippen LogP contribution in [0.3, 0.4) is 0 Å². The number of hydrogen-bond acceptors (Lipinski definition) is 1. The Kier molecular flexibility index (Phi) is 5.13. The molecule has 0 atom stereocenters. The van der Waals surface area contributed by atoms with Crippen LogP contribution in [0.4, 0.5) is 0 Å². The third-order valence-corrected chi connectivity index (χ3v) is 2.49. The van der Waals surface area contributed by atoms with Gasteiger partial charge in [0.05, 0.1) is 0 Å². The fourth-order valence-electron chi connectivity index (χ4n) is 1.41. The maximum absolute atomic E-state index is 10.5. The Morgan fingerprint density at radius 2 is 1.93 bits per heavy atom. The van der Waals surface area contributed by atoms with Crippen molar-refractivity contribution in [3.8, 4) is 0 Å². The summed E-state index contributed by atoms with van der Waals surface area (Å²) in [6.45, 7) is 3.70. The summed E-state index contributed by atoms with van der Waals surface area (Å²) in [6, 6.07) is 8.29. The number of carbonyl (C=O) groups is 1. The molecule has 15 heavy (non-hydrogen) atoms. The zero-order chi connectivity index (χ0) is 11.1. The van der Waals surface area contributed by atoms with Crippen LogP contribution in [0.15, 0.2) is 30.8 Å². The van der Waals surface area contributed by atoms with E-state index >= 15 is 0 Å². The molecule has 0 heterocycles. The van der Waals surface area contributed by atoms with E-state index in [1.54, 1.807) is 0 Å². The van der Waals surface area contributed by atoms with Crippen LogP contribution in [0, 0.1) is 0 Å². The minimum absolute atomic E-state index is 0.239. The number of halogens is 1. The minimum atomic E-state index is -0.239. The second-order valence-corrected chi connectivity index (χ2v) is 3.93. The molecule has 0 bridgehead atoms. The molecule has 0 aromatic heterocycles. The van der Waals surface area contributed by atoms with Crippen molar-refractivity contribution in [2.45, 2.75) is 25.7 Å². The molecule has 0 aliphatic heterocycles. The van der Waals surface area contributed by atoms with E-state index in [2.05, 4.69) is 30.8 Å². The van der Waals surface area contributed by atoms with Gasteiger partial charge in [0.25, 0.3) is 0 Å². The number of aryl methyl sites for hydroxylation is 1. The second-order valence-electron chi connectivity index (χ2n) is 3.51. The highest BCUT2D eigenvalue weighted by Crippen LogP contribution is 2.10. The molecule has 0 aliphatic rings. The van der Waals surface area contributed by atoms with E-state index in [-0.39, 0.29) is 5.24 Å². The molecule has 1 aromatic carbocycles. The van der Waals surface area contributed by atoms with E-state index in [1.807, 2.05) is 6.08 Å². The lowest BCUT2D eigenvalue weighted by molar-refractivity contribution is -0.111. The predicted octanol–water partition coefficient (Wildman–Crippen LogP) is 3.81. The van der Waals surface area contributed by atoms with Crippen LogP contribution in [0.2, 0.25) is 0 Å². The third kappa shape index (κ3) is 4.80. The van der Waals surface area contributed by atoms with Crippen LogP contribution >= 0.6 is 11.6 Å². The molecule has 1 nitrogen and oxygen atoms in total. The van der Waals surface area contributed by atoms with Gasteiger partial charge in [0.2, 0.25) is 5.24 Å². The Bertz CT molecular complexity index is 327. The smallest absolute Gasteiger partial charge is 0.221 e. The molecule has 1 rings (SSSR count). The highest BCUT2D eigenvalue weighted by Gasteiger charge is 1.97. The van der Waals surface area contributed by atoms with Crippen molar-refractivity contribution in [3.05, 3.63) is 42.0 Å². The lowest BCUT2D eigenvalue weighted by atomic mass is 10.1. The van der Waals surface area contributed by atoms with Gasteiger partial charge in [-0.1, -0.05) is 36.9 Å². The Hall–Kier alpha value is -1.08. The molecule has 1 aromatic rings. The van der Waals surface area contributed by atoms with Crippen LogP contribution < -0.4 is 0 Å². The average Bonchev–Trinajstić information content (AvgIpc) is 2.25. The van der Waals surface area contributed by atoms with Gasteiger partial charge in [0.15, 0.2) is 0 Å². The Morgan fingerprint density at radius 1 is 1.27 bits per heavy atom. The molecule has 0 amide bonds. The van der Waals surface area contributed by atoms with Crippen molar-refractivity contribution in [2.24, 2.45) is 0 Å². The molecule has 0 saturated heterocycles. The van der Waals surface area contributed by atoms with Crippen molar-refractivity contribution >= 4 is 22.9 Å². The van der Waals surface area contributed by atoms with Crippen molar-refractivity contribution < 1.29 is 4.79 Å². The van der Waals surface area contributed by atoms with Gasteiger partial charge in [-0.3, -0.25) is 4.79 Å². The topological polar surface area (TPSA) is 17.1 Å². The fourth-order valence-corrected chi connectivity index (χ4v) is 1.55. The van der Waals surface area contributed by atoms with Gasteiger partial charge >= 0.3 is 0 Å². The van der Waals surface area contributed by atoms with Crippen LogP contribution in [-0.2, 0) is 11.2 Å². The first-order chi connectivity index (χ1) is 7.22. The Labute approximate surface area is 95.8 Å². The quantitative estimate of drug-likeness (QED) is 0.529. The molecule has 0 N–H and O–H groups in total. The Balaban J connectivity index is 2.31. The molecule has 0 fully saturated rings. The first-order valence-electron chi connectivity index (χ1n) is 5.12. The molecular weight excluding hydrogens is 208 g/mol. The predicted molar refractivity (Wildman–Crippen MR) is 64.9 cm³/mol. The zero-order valence-electron chi connectivity index (χ0n) is 8.71. The van der Waals surface area contributed by atoms with Crippen LogP contribution in [-0.4, -0.2) is 5.24 Å². The Morgan fingerprint density at radius 3 is 2.47 bits per heavy atom. The van der Waals surface area contributed by atoms with Crippen LogP contribution in [0.25, 0.3) is 6.08 Å². The number of hydrogen-bond donors (Lipinski definition) is 0. The van der Waals surface area contributed by atoms with Gasteiger partial charge < -0.3 is 0 Å². The van der Waals surface area contributed by atoms with E-state index in [0.717, 1.165) is 24.8 Å². The molecule has 0 saturated carbocycles. The molecule has 0 unspecified atom stereocenters. The van der Waals surface area contributed by atoms with Gasteiger partial charge in [0.1, 0.15) is 0 Å². The highest BCUT2D eigenvalue weighted by atomic mass is 35.5. The standard InChI is InChI=1S/C13H15ClO/c1-2-11-7-9-12(10-8-11)5-3-4-6-13(14)15/h2,7-10H,1,3-6H2. The number of rotatable bonds is 6. The third-order valence-electron chi connectivity index (χ3n) is 2.30. The fraction of sp³-hybridized carbons (Fsp3) is 0.308. The molecule has 80 valence electrons. The summed E-state index contributed by atoms with van der Waals surface area (Å²) in [6.07, 6.45) is 5.18. The molecule has 0 spiro atoms. The summed E-state index contributed by atoms with van der Waals surface area (Å²) in [5, 5.41) is -0.239. The SMILES string of the molecule is C=Cc1ccc(CCCCC(=O)Cl)cc1. The second kappa shape index (κ2) is 6.41. The largest absolute Gasteiger partial charge is 0.281 e. The van der Waals surface area contributed by atoms with E-state index in [1.165, 1.54) is 5.56 Å². The van der Waals surface area contributed by atoms with Gasteiger partial charge in [-0.25, -0.2) is 0 Å². The maximum atomic E-state index is 10.5. The monoisotopic (exact) mass is 222 g/mol. The summed E-state index contributed by atoms with van der Waals surface area (Å²) in [4.78, 5) is 10.5. The van der Waals surface area contributed by atoms with E-state index in [9.17, 15) is 4.79 Å². The number of carbonyl (C=O) groups excluding carboxylic acids is 1. The lowest BCUT2D eigenvalue weighted by Gasteiger charge is -2.01. The van der Waals surface area contributed by atoms with Crippen molar-refractivity contribution in [1.29, 1.82) is 0 Å². The van der Waals surface area contributed by atoms with Crippen molar-refractivity contribution in [1.82, 2.24) is 0 Å². The highest BCUT2D eigenvalue weighted by molar-refractivity contribution is 6.63. The van der Waals surface area contributed by atoms with Crippen LogP contribution in [0.1, 0.15) is 30.4 Å². The first kappa shape index (κ1) is 12.0. The van der Waals surface area contributed by atoms with E-state index < -0.39 is 0 Å². The van der Waals surface area contributed by atoms with Crippen molar-refractivity contribution in [3.63, 3.8) is 0 Å². The van der Waals surface area contributed by atoms with Gasteiger partial charge in [-0.05, 0) is 42.0 Å². The maximum Gasteiger partial charge on any atom is 0.221 e. The summed E-state index contributed by atoms with van der Waals surface area (Å²) in [5.41, 5.74) is 2.43. The van der Waals surface area contributed by atoms with Gasteiger partial charge in [0, 0.05) is 6.42 Å². The summed E-state index contributed by atoms with van der Waals surface area (Å²) < 4.78 is 0. The number of unbranched alkanes of at least 4 members (excludes halogenated alkanes) is 1. The molecular formula is C13H15ClO. The normalized spacial score (nSPS) is 9.93.